The molecule has 0 radical (unpaired) electrons. The molecule has 0 N–H and O–H groups in total. The predicted octanol–water partition coefficient (Wildman–Crippen LogP) is 14.8. The van der Waals surface area contributed by atoms with Crippen molar-refractivity contribution < 1.29 is 4.74 Å². The Labute approximate surface area is 356 Å². The van der Waals surface area contributed by atoms with Gasteiger partial charge in [-0.1, -0.05) is 103 Å². The summed E-state index contributed by atoms with van der Waals surface area (Å²) in [7, 11) is 0. The van der Waals surface area contributed by atoms with Crippen molar-refractivity contribution in [1.82, 2.24) is 4.90 Å². The minimum atomic E-state index is 0.628. The molecule has 11 unspecified atom stereocenters. The summed E-state index contributed by atoms with van der Waals surface area (Å²) in [5.74, 6) is 12.4. The van der Waals surface area contributed by atoms with Gasteiger partial charge in [-0.2, -0.15) is 11.8 Å². The van der Waals surface area contributed by atoms with Gasteiger partial charge in [-0.05, 0) is 187 Å². The summed E-state index contributed by atoms with van der Waals surface area (Å²) in [6.07, 6.45) is 55.2. The zero-order valence-corrected chi connectivity index (χ0v) is 37.8. The molecule has 11 atom stereocenters. The maximum Gasteiger partial charge on any atom is 0.0621 e. The first-order valence-corrected chi connectivity index (χ1v) is 28.3. The van der Waals surface area contributed by atoms with Crippen molar-refractivity contribution in [1.29, 1.82) is 0 Å². The van der Waals surface area contributed by atoms with E-state index in [0.717, 1.165) is 99.6 Å². The lowest BCUT2D eigenvalue weighted by Gasteiger charge is -2.51. The van der Waals surface area contributed by atoms with Gasteiger partial charge in [0.15, 0.2) is 0 Å². The van der Waals surface area contributed by atoms with Gasteiger partial charge in [-0.15, -0.1) is 0 Å². The van der Waals surface area contributed by atoms with Gasteiger partial charge in [0.1, 0.15) is 0 Å². The minimum absolute atomic E-state index is 0.628. The average molecular weight is 800 g/mol. The lowest BCUT2D eigenvalue weighted by atomic mass is 9.60. The van der Waals surface area contributed by atoms with E-state index in [0.29, 0.717) is 12.2 Å². The Kier molecular flexibility index (Phi) is 12.8. The van der Waals surface area contributed by atoms with E-state index in [4.69, 9.17) is 4.74 Å². The van der Waals surface area contributed by atoms with Crippen LogP contribution in [0.3, 0.4) is 0 Å². The summed E-state index contributed by atoms with van der Waals surface area (Å²) >= 11 is 2.61. The second-order valence-corrected chi connectivity index (χ2v) is 25.3. The minimum Gasteiger partial charge on any atom is -0.374 e. The van der Waals surface area contributed by atoms with E-state index in [1.807, 2.05) is 0 Å². The van der Waals surface area contributed by atoms with Gasteiger partial charge in [0.25, 0.3) is 0 Å². The van der Waals surface area contributed by atoms with Crippen LogP contribution in [-0.2, 0) is 4.74 Å². The number of fused-ring (bicyclic) bond motifs is 7. The third kappa shape index (κ3) is 8.19. The zero-order chi connectivity index (χ0) is 37.7. The van der Waals surface area contributed by atoms with E-state index < -0.39 is 0 Å². The van der Waals surface area contributed by atoms with Crippen molar-refractivity contribution >= 4 is 11.8 Å². The highest BCUT2D eigenvalue weighted by Gasteiger charge is 2.60. The highest BCUT2D eigenvalue weighted by Crippen LogP contribution is 2.64. The van der Waals surface area contributed by atoms with E-state index in [9.17, 15) is 0 Å². The molecule has 2 saturated heterocycles. The van der Waals surface area contributed by atoms with Crippen LogP contribution in [0.15, 0.2) is 0 Å². The van der Waals surface area contributed by atoms with Crippen LogP contribution in [0.2, 0.25) is 0 Å². The molecule has 2 heterocycles. The fourth-order valence-corrected chi connectivity index (χ4v) is 21.4. The molecule has 0 aromatic rings. The molecule has 11 rings (SSSR count). The van der Waals surface area contributed by atoms with Crippen LogP contribution >= 0.6 is 11.8 Å². The van der Waals surface area contributed by atoms with Crippen molar-refractivity contribution in [3.8, 4) is 0 Å². The Morgan fingerprint density at radius 3 is 1.39 bits per heavy atom. The van der Waals surface area contributed by atoms with E-state index in [1.165, 1.54) is 77.0 Å². The highest BCUT2D eigenvalue weighted by molar-refractivity contribution is 8.00. The molecule has 0 spiro atoms. The van der Waals surface area contributed by atoms with Gasteiger partial charge in [0.05, 0.1) is 12.2 Å². The maximum atomic E-state index is 6.88. The Morgan fingerprint density at radius 2 is 0.754 bits per heavy atom. The number of thioether (sulfide) groups is 1. The molecule has 11 fully saturated rings. The van der Waals surface area contributed by atoms with Gasteiger partial charge in [-0.25, -0.2) is 0 Å². The maximum absolute atomic E-state index is 6.88. The Balaban J connectivity index is 0.726. The molecule has 2 nitrogen and oxygen atoms in total. The van der Waals surface area contributed by atoms with Crippen molar-refractivity contribution in [3.63, 3.8) is 0 Å². The third-order valence-electron chi connectivity index (χ3n) is 21.5. The van der Waals surface area contributed by atoms with Crippen LogP contribution in [0.4, 0.5) is 0 Å². The van der Waals surface area contributed by atoms with Crippen LogP contribution in [0.1, 0.15) is 225 Å². The lowest BCUT2D eigenvalue weighted by Crippen LogP contribution is -2.53. The Morgan fingerprint density at radius 1 is 0.298 bits per heavy atom. The molecule has 0 amide bonds. The third-order valence-corrected chi connectivity index (χ3v) is 23.5. The SMILES string of the molecule is C1CCC(C2CCC(N(C3CCC(C4CCCCC4)CC3)C3CCC(C4CCCC(C5CCCC6C7CCC8OC9CCCCC9C8C7SC56)C4)CC3)CC2)CC1. The molecule has 322 valence electrons. The molecule has 0 aromatic carbocycles. The number of nitrogens with zero attached hydrogens (tertiary/aromatic N) is 1. The highest BCUT2D eigenvalue weighted by atomic mass is 32.2. The molecule has 9 saturated carbocycles. The zero-order valence-electron chi connectivity index (χ0n) is 37.0. The van der Waals surface area contributed by atoms with Gasteiger partial charge < -0.3 is 4.74 Å². The fourth-order valence-electron chi connectivity index (χ4n) is 18.9. The first-order chi connectivity index (χ1) is 28.2. The van der Waals surface area contributed by atoms with Gasteiger partial charge in [0, 0.05) is 34.5 Å². The normalized spacial score (nSPS) is 50.2. The monoisotopic (exact) mass is 800 g/mol. The summed E-state index contributed by atoms with van der Waals surface area (Å²) < 4.78 is 6.88. The predicted molar refractivity (Wildman–Crippen MR) is 241 cm³/mol. The first kappa shape index (κ1) is 40.1. The molecular formula is C54H89NOS. The summed E-state index contributed by atoms with van der Waals surface area (Å²) in [5.41, 5.74) is 0. The van der Waals surface area contributed by atoms with Crippen LogP contribution in [0, 0.1) is 71.0 Å². The van der Waals surface area contributed by atoms with Crippen LogP contribution in [0.5, 0.6) is 0 Å². The second kappa shape index (κ2) is 18.2. The van der Waals surface area contributed by atoms with E-state index >= 15 is 0 Å². The summed E-state index contributed by atoms with van der Waals surface area (Å²) in [6.45, 7) is 0. The van der Waals surface area contributed by atoms with Crippen molar-refractivity contribution in [2.75, 3.05) is 0 Å². The topological polar surface area (TPSA) is 12.5 Å². The van der Waals surface area contributed by atoms with Crippen molar-refractivity contribution in [2.24, 2.45) is 71.0 Å². The first-order valence-electron chi connectivity index (χ1n) is 27.3. The summed E-state index contributed by atoms with van der Waals surface area (Å²) in [5, 5.41) is 1.96. The molecule has 57 heavy (non-hydrogen) atoms. The largest absolute Gasteiger partial charge is 0.374 e. The van der Waals surface area contributed by atoms with Crippen LogP contribution in [-0.4, -0.2) is 45.7 Å². The van der Waals surface area contributed by atoms with Crippen molar-refractivity contribution in [3.05, 3.63) is 0 Å². The number of hydrogen-bond acceptors (Lipinski definition) is 3. The fraction of sp³-hybridized carbons (Fsp3) is 1.00. The molecular weight excluding hydrogens is 711 g/mol. The Bertz CT molecular complexity index is 1230. The van der Waals surface area contributed by atoms with Crippen LogP contribution in [0.25, 0.3) is 0 Å². The molecule has 11 aliphatic rings. The molecule has 9 aliphatic carbocycles. The summed E-state index contributed by atoms with van der Waals surface area (Å²) in [6, 6.07) is 2.75. The standard InChI is InChI=1S/C54H89NOS/c1-3-11-36(12-4-1)38-21-27-43(28-22-38)55(44-29-23-39(24-30-44)37-13-5-2-6-14-37)45-31-25-40(26-32-45)41-15-9-16-42(35-41)46-18-10-19-47-48-33-34-51-52(54(48)57-53(46)47)49-17-7-8-20-50(49)56-51/h36-54H,1-35H2. The molecule has 2 aliphatic heterocycles. The Hall–Kier alpha value is 0.270. The van der Waals surface area contributed by atoms with Gasteiger partial charge >= 0.3 is 0 Å². The molecule has 0 aromatic heterocycles. The molecule has 3 heteroatoms. The van der Waals surface area contributed by atoms with E-state index in [-0.39, 0.29) is 0 Å². The lowest BCUT2D eigenvalue weighted by molar-refractivity contribution is -0.0132. The van der Waals surface area contributed by atoms with E-state index in [2.05, 4.69) is 16.7 Å². The van der Waals surface area contributed by atoms with E-state index in [1.54, 1.807) is 148 Å². The number of ether oxygens (including phenoxy) is 1. The quantitative estimate of drug-likeness (QED) is 0.255. The van der Waals surface area contributed by atoms with Crippen LogP contribution < -0.4 is 0 Å². The van der Waals surface area contributed by atoms with Gasteiger partial charge in [-0.3, -0.25) is 4.90 Å². The summed E-state index contributed by atoms with van der Waals surface area (Å²) in [4.78, 5) is 3.35. The van der Waals surface area contributed by atoms with Gasteiger partial charge in [0.2, 0.25) is 0 Å². The molecule has 0 bridgehead atoms. The van der Waals surface area contributed by atoms with Crippen molar-refractivity contribution in [2.45, 2.75) is 266 Å². The smallest absolute Gasteiger partial charge is 0.0621 e. The number of rotatable bonds is 7. The second-order valence-electron chi connectivity index (χ2n) is 23.9. The average Bonchev–Trinajstić information content (AvgIpc) is 3.87. The number of hydrogen-bond donors (Lipinski definition) is 0.